The van der Waals surface area contributed by atoms with Crippen molar-refractivity contribution in [1.29, 1.82) is 0 Å². The van der Waals surface area contributed by atoms with E-state index in [1.807, 2.05) is 6.92 Å². The molecule has 1 aromatic rings. The Morgan fingerprint density at radius 3 is 2.43 bits per heavy atom. The molecule has 0 saturated heterocycles. The number of amidine groups is 1. The molecule has 0 radical (unpaired) electrons. The topological polar surface area (TPSA) is 71.0 Å². The predicted molar refractivity (Wildman–Crippen MR) is 97.9 cm³/mol. The third-order valence-corrected chi connectivity index (χ3v) is 6.00. The molecule has 1 unspecified atom stereocenters. The van der Waals surface area contributed by atoms with Gasteiger partial charge in [0, 0.05) is 22.6 Å². The first-order chi connectivity index (χ1) is 11.1. The third kappa shape index (κ3) is 2.36. The summed E-state index contributed by atoms with van der Waals surface area (Å²) in [5.74, 6) is 0.618. The van der Waals surface area contributed by atoms with E-state index in [2.05, 4.69) is 34.1 Å². The molecule has 0 aromatic heterocycles. The second-order valence-electron chi connectivity index (χ2n) is 6.69. The fourth-order valence-corrected chi connectivity index (χ4v) is 4.85. The molecular formula is C18H24BrN3O. The number of benzene rings is 1. The van der Waals surface area contributed by atoms with Gasteiger partial charge in [0.25, 0.3) is 0 Å². The summed E-state index contributed by atoms with van der Waals surface area (Å²) in [5.41, 5.74) is 9.36. The Kier molecular flexibility index (Phi) is 4.36. The maximum absolute atomic E-state index is 7.00. The van der Waals surface area contributed by atoms with E-state index in [9.17, 15) is 0 Å². The van der Waals surface area contributed by atoms with Gasteiger partial charge in [-0.3, -0.25) is 4.99 Å². The fourth-order valence-electron chi connectivity index (χ4n) is 4.49. The molecule has 3 aliphatic rings. The fraction of sp³-hybridized carbons (Fsp3) is 0.556. The van der Waals surface area contributed by atoms with Crippen molar-refractivity contribution in [1.82, 2.24) is 0 Å². The lowest BCUT2D eigenvalue weighted by Crippen LogP contribution is -2.41. The van der Waals surface area contributed by atoms with Crippen LogP contribution in [0.3, 0.4) is 0 Å². The van der Waals surface area contributed by atoms with E-state index in [4.69, 9.17) is 20.8 Å². The van der Waals surface area contributed by atoms with Crippen molar-refractivity contribution in [2.45, 2.75) is 51.1 Å². The van der Waals surface area contributed by atoms with Crippen molar-refractivity contribution in [2.24, 2.45) is 21.1 Å². The van der Waals surface area contributed by atoms with Crippen molar-refractivity contribution in [3.05, 3.63) is 33.8 Å². The first-order valence-electron chi connectivity index (χ1n) is 8.22. The summed E-state index contributed by atoms with van der Waals surface area (Å²) in [6.45, 7) is 1.99. The van der Waals surface area contributed by atoms with Gasteiger partial charge in [0.2, 0.25) is 0 Å². The predicted octanol–water partition coefficient (Wildman–Crippen LogP) is 3.55. The number of halogens is 1. The van der Waals surface area contributed by atoms with Gasteiger partial charge >= 0.3 is 0 Å². The van der Waals surface area contributed by atoms with E-state index in [0.717, 1.165) is 23.7 Å². The highest BCUT2D eigenvalue weighted by atomic mass is 79.9. The van der Waals surface area contributed by atoms with Gasteiger partial charge in [0.05, 0.1) is 5.71 Å². The summed E-state index contributed by atoms with van der Waals surface area (Å²) in [7, 11) is 1.00. The number of nitrogens with two attached hydrogens (primary N) is 1. The highest BCUT2D eigenvalue weighted by molar-refractivity contribution is 9.10. The van der Waals surface area contributed by atoms with Gasteiger partial charge in [-0.25, -0.2) is 4.99 Å². The minimum Gasteiger partial charge on any atom is -0.400 e. The maximum atomic E-state index is 7.00. The van der Waals surface area contributed by atoms with Crippen LogP contribution >= 0.6 is 15.9 Å². The average Bonchev–Trinajstić information content (AvgIpc) is 2.99. The second-order valence-corrected chi connectivity index (χ2v) is 7.60. The molecule has 0 bridgehead atoms. The van der Waals surface area contributed by atoms with E-state index < -0.39 is 5.66 Å². The smallest absolute Gasteiger partial charge is 0.184 e. The number of hydrogen-bond acceptors (Lipinski definition) is 4. The lowest BCUT2D eigenvalue weighted by atomic mass is 9.66. The first kappa shape index (κ1) is 16.7. The zero-order chi connectivity index (χ0) is 16.7. The number of aliphatic hydroxyl groups is 1. The van der Waals surface area contributed by atoms with E-state index in [-0.39, 0.29) is 5.41 Å². The Bertz CT molecular complexity index is 657. The summed E-state index contributed by atoms with van der Waals surface area (Å²) < 4.78 is 1.10. The van der Waals surface area contributed by atoms with Crippen molar-refractivity contribution < 1.29 is 5.11 Å². The molecule has 1 saturated carbocycles. The molecule has 5 heteroatoms. The Morgan fingerprint density at radius 1 is 1.13 bits per heavy atom. The SMILES string of the molecule is CC1=NC2(N=C1N)c1cc(Br)ccc1CC21CCCCC1.CO. The van der Waals surface area contributed by atoms with Crippen LogP contribution in [0.4, 0.5) is 0 Å². The third-order valence-electron chi connectivity index (χ3n) is 5.51. The van der Waals surface area contributed by atoms with Crippen LogP contribution in [0.1, 0.15) is 50.2 Å². The number of nitrogens with zero attached hydrogens (tertiary/aromatic N) is 2. The lowest BCUT2D eigenvalue weighted by molar-refractivity contribution is 0.0932. The minimum atomic E-state index is -0.458. The molecular weight excluding hydrogens is 354 g/mol. The van der Waals surface area contributed by atoms with Crippen molar-refractivity contribution in [3.63, 3.8) is 0 Å². The molecule has 2 spiro atoms. The highest BCUT2D eigenvalue weighted by Crippen LogP contribution is 2.61. The van der Waals surface area contributed by atoms with Crippen LogP contribution in [0.25, 0.3) is 0 Å². The van der Waals surface area contributed by atoms with Gasteiger partial charge in [0.15, 0.2) is 5.66 Å². The van der Waals surface area contributed by atoms with E-state index >= 15 is 0 Å². The van der Waals surface area contributed by atoms with Crippen LogP contribution in [-0.4, -0.2) is 23.8 Å². The quantitative estimate of drug-likeness (QED) is 0.725. The molecule has 1 aliphatic heterocycles. The van der Waals surface area contributed by atoms with Gasteiger partial charge in [-0.05, 0) is 43.9 Å². The highest BCUT2D eigenvalue weighted by Gasteiger charge is 2.59. The Balaban J connectivity index is 0.000000753. The molecule has 23 heavy (non-hydrogen) atoms. The van der Waals surface area contributed by atoms with Gasteiger partial charge in [-0.15, -0.1) is 0 Å². The van der Waals surface area contributed by atoms with Crippen LogP contribution < -0.4 is 5.73 Å². The molecule has 3 N–H and O–H groups in total. The number of fused-ring (bicyclic) bond motifs is 3. The molecule has 1 atom stereocenters. The zero-order valence-electron chi connectivity index (χ0n) is 13.8. The molecule has 4 nitrogen and oxygen atoms in total. The summed E-state index contributed by atoms with van der Waals surface area (Å²) in [6.07, 6.45) is 7.38. The van der Waals surface area contributed by atoms with Crippen LogP contribution in [0.5, 0.6) is 0 Å². The number of hydrogen-bond donors (Lipinski definition) is 2. The van der Waals surface area contributed by atoms with Crippen molar-refractivity contribution >= 4 is 27.5 Å². The van der Waals surface area contributed by atoms with Crippen LogP contribution in [0.15, 0.2) is 32.7 Å². The Hall–Kier alpha value is -1.20. The number of aliphatic hydroxyl groups excluding tert-OH is 1. The minimum absolute atomic E-state index is 0.136. The summed E-state index contributed by atoms with van der Waals surface area (Å²) in [5, 5.41) is 7.00. The molecule has 1 heterocycles. The van der Waals surface area contributed by atoms with Gasteiger partial charge in [0.1, 0.15) is 5.84 Å². The summed E-state index contributed by atoms with van der Waals surface area (Å²) in [6, 6.07) is 6.57. The van der Waals surface area contributed by atoms with Crippen LogP contribution in [0.2, 0.25) is 0 Å². The molecule has 124 valence electrons. The standard InChI is InChI=1S/C17H20BrN3.CH4O/c1-11-15(19)21-17(20-11)14-9-13(18)6-5-12(14)10-16(17)7-3-2-4-8-16;1-2/h5-6,9H,2-4,7-8,10H2,1H3,(H2,19,21);2H,1H3. The zero-order valence-corrected chi connectivity index (χ0v) is 15.4. The van der Waals surface area contributed by atoms with Crippen molar-refractivity contribution in [3.8, 4) is 0 Å². The van der Waals surface area contributed by atoms with E-state index in [1.54, 1.807) is 0 Å². The van der Waals surface area contributed by atoms with Gasteiger partial charge in [-0.1, -0.05) is 41.3 Å². The summed E-state index contributed by atoms with van der Waals surface area (Å²) in [4.78, 5) is 9.96. The number of aliphatic imine (C=N–C) groups is 2. The second kappa shape index (κ2) is 6.02. The average molecular weight is 378 g/mol. The van der Waals surface area contributed by atoms with E-state index in [1.165, 1.54) is 43.2 Å². The normalized spacial score (nSPS) is 27.3. The summed E-state index contributed by atoms with van der Waals surface area (Å²) >= 11 is 3.61. The van der Waals surface area contributed by atoms with Crippen LogP contribution in [-0.2, 0) is 12.1 Å². The van der Waals surface area contributed by atoms with Crippen molar-refractivity contribution in [2.75, 3.05) is 7.11 Å². The van der Waals surface area contributed by atoms with Gasteiger partial charge < -0.3 is 10.8 Å². The first-order valence-corrected chi connectivity index (χ1v) is 9.01. The Labute approximate surface area is 146 Å². The molecule has 0 amide bonds. The van der Waals surface area contributed by atoms with E-state index in [0.29, 0.717) is 5.84 Å². The van der Waals surface area contributed by atoms with Gasteiger partial charge in [-0.2, -0.15) is 0 Å². The molecule has 1 fully saturated rings. The van der Waals surface area contributed by atoms with Crippen LogP contribution in [0, 0.1) is 5.41 Å². The molecule has 4 rings (SSSR count). The lowest BCUT2D eigenvalue weighted by Gasteiger charge is -2.42. The monoisotopic (exact) mass is 377 g/mol. The number of rotatable bonds is 0. The molecule has 1 aromatic carbocycles. The maximum Gasteiger partial charge on any atom is 0.184 e. The molecule has 2 aliphatic carbocycles. The largest absolute Gasteiger partial charge is 0.400 e. The Morgan fingerprint density at radius 2 is 1.83 bits per heavy atom.